The highest BCUT2D eigenvalue weighted by molar-refractivity contribution is 5.78. The van der Waals surface area contributed by atoms with Crippen molar-refractivity contribution in [2.45, 2.75) is 59.8 Å². The topological polar surface area (TPSA) is 34.1 Å². The van der Waals surface area contributed by atoms with E-state index >= 15 is 0 Å². The van der Waals surface area contributed by atoms with Gasteiger partial charge in [-0.3, -0.25) is 4.79 Å². The number of rotatable bonds is 9. The van der Waals surface area contributed by atoms with Crippen LogP contribution in [-0.4, -0.2) is 12.1 Å². The van der Waals surface area contributed by atoms with Crippen molar-refractivity contribution in [3.05, 3.63) is 11.6 Å². The zero-order chi connectivity index (χ0) is 13.3. The summed E-state index contributed by atoms with van der Waals surface area (Å²) in [5.41, 5.74) is 1.32. The van der Waals surface area contributed by atoms with E-state index in [9.17, 15) is 9.59 Å². The van der Waals surface area contributed by atoms with Gasteiger partial charge in [0, 0.05) is 18.8 Å². The summed E-state index contributed by atoms with van der Waals surface area (Å²) in [6, 6.07) is 0. The highest BCUT2D eigenvalue weighted by Gasteiger charge is 2.16. The predicted molar refractivity (Wildman–Crippen MR) is 71.9 cm³/mol. The molecule has 17 heavy (non-hydrogen) atoms. The van der Waals surface area contributed by atoms with Crippen molar-refractivity contribution >= 4 is 12.1 Å². The molecule has 0 fully saturated rings. The number of hydrogen-bond donors (Lipinski definition) is 0. The molecule has 0 heterocycles. The molecular weight excluding hydrogens is 212 g/mol. The van der Waals surface area contributed by atoms with Crippen LogP contribution < -0.4 is 0 Å². The van der Waals surface area contributed by atoms with Gasteiger partial charge in [-0.05, 0) is 39.0 Å². The fourth-order valence-corrected chi connectivity index (χ4v) is 1.84. The predicted octanol–water partition coefficient (Wildman–Crippen LogP) is 3.94. The summed E-state index contributed by atoms with van der Waals surface area (Å²) in [6.07, 6.45) is 7.12. The first-order valence-corrected chi connectivity index (χ1v) is 6.61. The molecule has 0 N–H and O–H groups in total. The third-order valence-electron chi connectivity index (χ3n) is 3.23. The third kappa shape index (κ3) is 7.89. The summed E-state index contributed by atoms with van der Waals surface area (Å²) in [7, 11) is 0. The van der Waals surface area contributed by atoms with Gasteiger partial charge in [0.1, 0.15) is 12.1 Å². The maximum Gasteiger partial charge on any atom is 0.132 e. The lowest BCUT2D eigenvalue weighted by molar-refractivity contribution is -0.119. The van der Waals surface area contributed by atoms with Crippen molar-refractivity contribution in [1.29, 1.82) is 0 Å². The molecule has 0 rings (SSSR count). The summed E-state index contributed by atoms with van der Waals surface area (Å²) in [6.45, 7) is 8.15. The van der Waals surface area contributed by atoms with Crippen LogP contribution in [0.4, 0.5) is 0 Å². The summed E-state index contributed by atoms with van der Waals surface area (Å²) >= 11 is 0. The van der Waals surface area contributed by atoms with E-state index in [0.29, 0.717) is 25.2 Å². The van der Waals surface area contributed by atoms with E-state index < -0.39 is 0 Å². The number of allylic oxidation sites excluding steroid dienone is 2. The zero-order valence-corrected chi connectivity index (χ0v) is 11.7. The van der Waals surface area contributed by atoms with E-state index in [-0.39, 0.29) is 11.7 Å². The maximum atomic E-state index is 11.2. The highest BCUT2D eigenvalue weighted by atomic mass is 16.1. The van der Waals surface area contributed by atoms with Crippen LogP contribution in [0.25, 0.3) is 0 Å². The fourth-order valence-electron chi connectivity index (χ4n) is 1.84. The molecule has 0 radical (unpaired) electrons. The normalized spacial score (nSPS) is 13.9. The van der Waals surface area contributed by atoms with E-state index in [1.165, 1.54) is 5.57 Å². The molecule has 0 saturated carbocycles. The number of Topliss-reactive ketones (excluding diaryl/α,β-unsaturated/α-hetero) is 1. The number of ketones is 1. The Morgan fingerprint density at radius 3 is 2.35 bits per heavy atom. The number of carbonyl (C=O) groups excluding carboxylic acids is 2. The lowest BCUT2D eigenvalue weighted by Crippen LogP contribution is -2.14. The van der Waals surface area contributed by atoms with Crippen molar-refractivity contribution in [3.8, 4) is 0 Å². The molecule has 2 heteroatoms. The minimum absolute atomic E-state index is 0.0380. The van der Waals surface area contributed by atoms with Crippen molar-refractivity contribution in [2.24, 2.45) is 11.8 Å². The molecule has 0 spiro atoms. The standard InChI is InChI=1S/C15H26O2/c1-5-15(17)10-9-14(11-16)13(4)8-6-7-12(2)3/h7,11,13-14H,5-6,8-10H2,1-4H3. The van der Waals surface area contributed by atoms with Crippen LogP contribution in [0.2, 0.25) is 0 Å². The number of carbonyl (C=O) groups is 2. The van der Waals surface area contributed by atoms with Crippen molar-refractivity contribution < 1.29 is 9.59 Å². The Morgan fingerprint density at radius 2 is 1.88 bits per heavy atom. The van der Waals surface area contributed by atoms with Crippen LogP contribution in [-0.2, 0) is 9.59 Å². The Balaban J connectivity index is 4.03. The van der Waals surface area contributed by atoms with Gasteiger partial charge in [0.15, 0.2) is 0 Å². The highest BCUT2D eigenvalue weighted by Crippen LogP contribution is 2.21. The average molecular weight is 238 g/mol. The largest absolute Gasteiger partial charge is 0.303 e. The molecule has 2 unspecified atom stereocenters. The van der Waals surface area contributed by atoms with Crippen molar-refractivity contribution in [3.63, 3.8) is 0 Å². The van der Waals surface area contributed by atoms with Gasteiger partial charge in [0.2, 0.25) is 0 Å². The Hall–Kier alpha value is -0.920. The van der Waals surface area contributed by atoms with Crippen LogP contribution in [0, 0.1) is 11.8 Å². The molecule has 0 saturated heterocycles. The van der Waals surface area contributed by atoms with Gasteiger partial charge < -0.3 is 4.79 Å². The molecule has 0 aliphatic heterocycles. The van der Waals surface area contributed by atoms with Crippen LogP contribution in [0.5, 0.6) is 0 Å². The van der Waals surface area contributed by atoms with E-state index in [4.69, 9.17) is 0 Å². The summed E-state index contributed by atoms with van der Waals surface area (Å²) in [5.74, 6) is 0.664. The second-order valence-corrected chi connectivity index (χ2v) is 5.07. The van der Waals surface area contributed by atoms with E-state index in [1.54, 1.807) is 0 Å². The lowest BCUT2D eigenvalue weighted by Gasteiger charge is -2.17. The maximum absolute atomic E-state index is 11.2. The van der Waals surface area contributed by atoms with Gasteiger partial charge in [-0.15, -0.1) is 0 Å². The van der Waals surface area contributed by atoms with Crippen molar-refractivity contribution in [1.82, 2.24) is 0 Å². The van der Waals surface area contributed by atoms with Crippen LogP contribution in [0.15, 0.2) is 11.6 Å². The SMILES string of the molecule is CCC(=O)CCC(C=O)C(C)CCC=C(C)C. The molecule has 0 aromatic heterocycles. The minimum Gasteiger partial charge on any atom is -0.303 e. The Morgan fingerprint density at radius 1 is 1.24 bits per heavy atom. The third-order valence-corrected chi connectivity index (χ3v) is 3.23. The zero-order valence-electron chi connectivity index (χ0n) is 11.7. The first-order chi connectivity index (χ1) is 8.01. The second-order valence-electron chi connectivity index (χ2n) is 5.07. The first kappa shape index (κ1) is 16.1. The Bertz CT molecular complexity index is 262. The van der Waals surface area contributed by atoms with Gasteiger partial charge >= 0.3 is 0 Å². The molecule has 0 amide bonds. The van der Waals surface area contributed by atoms with Crippen LogP contribution in [0.3, 0.4) is 0 Å². The lowest BCUT2D eigenvalue weighted by atomic mass is 9.86. The summed E-state index contributed by atoms with van der Waals surface area (Å²) in [4.78, 5) is 22.3. The molecule has 2 nitrogen and oxygen atoms in total. The van der Waals surface area contributed by atoms with Crippen LogP contribution in [0.1, 0.15) is 59.8 Å². The van der Waals surface area contributed by atoms with E-state index in [2.05, 4.69) is 26.8 Å². The van der Waals surface area contributed by atoms with E-state index in [0.717, 1.165) is 19.1 Å². The number of aldehydes is 1. The van der Waals surface area contributed by atoms with E-state index in [1.807, 2.05) is 6.92 Å². The first-order valence-electron chi connectivity index (χ1n) is 6.61. The molecule has 0 aromatic carbocycles. The van der Waals surface area contributed by atoms with Crippen LogP contribution >= 0.6 is 0 Å². The van der Waals surface area contributed by atoms with Crippen molar-refractivity contribution in [2.75, 3.05) is 0 Å². The average Bonchev–Trinajstić information content (AvgIpc) is 2.28. The molecule has 2 atom stereocenters. The fraction of sp³-hybridized carbons (Fsp3) is 0.733. The molecular formula is C15H26O2. The summed E-state index contributed by atoms with van der Waals surface area (Å²) < 4.78 is 0. The molecule has 98 valence electrons. The minimum atomic E-state index is 0.0380. The number of hydrogen-bond acceptors (Lipinski definition) is 2. The molecule has 0 aliphatic carbocycles. The quantitative estimate of drug-likeness (QED) is 0.450. The molecule has 0 aromatic rings. The Kier molecular flexibility index (Phi) is 8.65. The van der Waals surface area contributed by atoms with Gasteiger partial charge in [-0.1, -0.05) is 25.5 Å². The summed E-state index contributed by atoms with van der Waals surface area (Å²) in [5, 5.41) is 0. The van der Waals surface area contributed by atoms with Gasteiger partial charge in [-0.25, -0.2) is 0 Å². The van der Waals surface area contributed by atoms with Gasteiger partial charge in [0.05, 0.1) is 0 Å². The Labute approximate surface area is 105 Å². The molecule has 0 aliphatic rings. The van der Waals surface area contributed by atoms with Gasteiger partial charge in [0.25, 0.3) is 0 Å². The van der Waals surface area contributed by atoms with Gasteiger partial charge in [-0.2, -0.15) is 0 Å². The molecule has 0 bridgehead atoms. The smallest absolute Gasteiger partial charge is 0.132 e. The second kappa shape index (κ2) is 9.15. The monoisotopic (exact) mass is 238 g/mol.